The lowest BCUT2D eigenvalue weighted by atomic mass is 9.96. The molecule has 0 saturated carbocycles. The Morgan fingerprint density at radius 2 is 1.68 bits per heavy atom. The maximum absolute atomic E-state index is 11.5. The van der Waals surface area contributed by atoms with Crippen LogP contribution < -0.4 is 4.74 Å². The van der Waals surface area contributed by atoms with E-state index < -0.39 is 17.2 Å². The minimum Gasteiger partial charge on any atom is -0.491 e. The van der Waals surface area contributed by atoms with Crippen molar-refractivity contribution in [3.05, 3.63) is 30.3 Å². The minimum absolute atomic E-state index is 0.306. The number of rotatable bonds is 4. The van der Waals surface area contributed by atoms with Crippen LogP contribution in [-0.2, 0) is 0 Å². The van der Waals surface area contributed by atoms with Crippen molar-refractivity contribution in [1.29, 1.82) is 0 Å². The molecule has 106 valence electrons. The van der Waals surface area contributed by atoms with Crippen LogP contribution in [0.4, 0.5) is 4.79 Å². The van der Waals surface area contributed by atoms with Gasteiger partial charge >= 0.3 is 6.09 Å². The molecule has 0 atom stereocenters. The fourth-order valence-corrected chi connectivity index (χ4v) is 2.30. The molecule has 0 heterocycles. The first-order valence-corrected chi connectivity index (χ1v) is 6.36. The summed E-state index contributed by atoms with van der Waals surface area (Å²) in [4.78, 5) is 12.9. The number of benzene rings is 1. The number of nitrogens with zero attached hydrogens (tertiary/aromatic N) is 1. The average molecular weight is 265 g/mol. The van der Waals surface area contributed by atoms with Crippen molar-refractivity contribution in [1.82, 2.24) is 4.90 Å². The van der Waals surface area contributed by atoms with Crippen molar-refractivity contribution in [3.8, 4) is 5.75 Å². The van der Waals surface area contributed by atoms with Gasteiger partial charge < -0.3 is 9.84 Å². The Hall–Kier alpha value is -1.71. The monoisotopic (exact) mass is 265 g/mol. The smallest absolute Gasteiger partial charge is 0.408 e. The molecule has 1 rings (SSSR count). The molecular weight excluding hydrogens is 242 g/mol. The summed E-state index contributed by atoms with van der Waals surface area (Å²) in [7, 11) is 0. The van der Waals surface area contributed by atoms with Gasteiger partial charge in [0.05, 0.1) is 5.54 Å². The molecule has 4 heteroatoms. The van der Waals surface area contributed by atoms with Crippen LogP contribution in [-0.4, -0.2) is 33.8 Å². The normalized spacial score (nSPS) is 12.1. The van der Waals surface area contributed by atoms with Gasteiger partial charge in [0.25, 0.3) is 0 Å². The lowest BCUT2D eigenvalue weighted by molar-refractivity contribution is 0.00942. The van der Waals surface area contributed by atoms with Gasteiger partial charge in [-0.05, 0) is 46.8 Å². The van der Waals surface area contributed by atoms with E-state index in [9.17, 15) is 9.90 Å². The third-order valence-electron chi connectivity index (χ3n) is 2.80. The van der Waals surface area contributed by atoms with E-state index in [4.69, 9.17) is 4.74 Å². The van der Waals surface area contributed by atoms with Crippen LogP contribution in [0, 0.1) is 0 Å². The van der Waals surface area contributed by atoms with E-state index in [2.05, 4.69) is 0 Å². The van der Waals surface area contributed by atoms with Gasteiger partial charge in [-0.3, -0.25) is 4.90 Å². The Kier molecular flexibility index (Phi) is 4.45. The standard InChI is InChI=1S/C15H23NO3/c1-14(2,3)16(13(17)18)15(4,5)11-19-12-9-7-6-8-10-12/h6-10H,11H2,1-5H3,(H,17,18). The van der Waals surface area contributed by atoms with Gasteiger partial charge in [0.1, 0.15) is 12.4 Å². The largest absolute Gasteiger partial charge is 0.491 e. The molecule has 1 amide bonds. The van der Waals surface area contributed by atoms with E-state index in [-0.39, 0.29) is 0 Å². The molecule has 19 heavy (non-hydrogen) atoms. The van der Waals surface area contributed by atoms with Crippen LogP contribution in [0.2, 0.25) is 0 Å². The summed E-state index contributed by atoms with van der Waals surface area (Å²) in [5.41, 5.74) is -1.09. The highest BCUT2D eigenvalue weighted by Gasteiger charge is 2.39. The first-order valence-electron chi connectivity index (χ1n) is 6.36. The summed E-state index contributed by atoms with van der Waals surface area (Å²) >= 11 is 0. The predicted octanol–water partition coefficient (Wildman–Crippen LogP) is 3.62. The van der Waals surface area contributed by atoms with Gasteiger partial charge in [0.15, 0.2) is 0 Å². The third-order valence-corrected chi connectivity index (χ3v) is 2.80. The molecule has 1 N–H and O–H groups in total. The van der Waals surface area contributed by atoms with Crippen molar-refractivity contribution >= 4 is 6.09 Å². The lowest BCUT2D eigenvalue weighted by Gasteiger charge is -2.44. The molecule has 0 aliphatic carbocycles. The van der Waals surface area contributed by atoms with Crippen molar-refractivity contribution in [2.75, 3.05) is 6.61 Å². The topological polar surface area (TPSA) is 49.8 Å². The maximum atomic E-state index is 11.5. The number of carboxylic acid groups (broad SMARTS) is 1. The first-order chi connectivity index (χ1) is 8.64. The molecule has 0 aliphatic rings. The van der Waals surface area contributed by atoms with Crippen molar-refractivity contribution in [3.63, 3.8) is 0 Å². The van der Waals surface area contributed by atoms with E-state index >= 15 is 0 Å². The molecule has 0 aliphatic heterocycles. The number of hydrogen-bond acceptors (Lipinski definition) is 2. The second kappa shape index (κ2) is 5.51. The van der Waals surface area contributed by atoms with Gasteiger partial charge in [-0.15, -0.1) is 0 Å². The van der Waals surface area contributed by atoms with Crippen molar-refractivity contribution in [2.24, 2.45) is 0 Å². The zero-order valence-corrected chi connectivity index (χ0v) is 12.3. The second-order valence-corrected chi connectivity index (χ2v) is 6.20. The van der Waals surface area contributed by atoms with Gasteiger partial charge in [0.2, 0.25) is 0 Å². The van der Waals surface area contributed by atoms with E-state index in [0.717, 1.165) is 5.75 Å². The van der Waals surface area contributed by atoms with Crippen LogP contribution in [0.1, 0.15) is 34.6 Å². The van der Waals surface area contributed by atoms with E-state index in [1.165, 1.54) is 4.90 Å². The highest BCUT2D eigenvalue weighted by atomic mass is 16.5. The summed E-state index contributed by atoms with van der Waals surface area (Å²) in [6.07, 6.45) is -0.936. The quantitative estimate of drug-likeness (QED) is 0.904. The molecule has 0 aromatic heterocycles. The molecule has 1 aromatic carbocycles. The number of para-hydroxylation sites is 1. The summed E-state index contributed by atoms with van der Waals surface area (Å²) in [6.45, 7) is 9.69. The van der Waals surface area contributed by atoms with Crippen LogP contribution in [0.15, 0.2) is 30.3 Å². The fourth-order valence-electron chi connectivity index (χ4n) is 2.30. The Bertz CT molecular complexity index is 421. The summed E-state index contributed by atoms with van der Waals surface area (Å²) < 4.78 is 5.69. The molecule has 0 spiro atoms. The number of amides is 1. The van der Waals surface area contributed by atoms with Crippen LogP contribution in [0.25, 0.3) is 0 Å². The zero-order valence-electron chi connectivity index (χ0n) is 12.3. The summed E-state index contributed by atoms with van der Waals surface area (Å²) in [5, 5.41) is 9.41. The van der Waals surface area contributed by atoms with Gasteiger partial charge in [0, 0.05) is 5.54 Å². The van der Waals surface area contributed by atoms with E-state index in [0.29, 0.717) is 6.61 Å². The summed E-state index contributed by atoms with van der Waals surface area (Å²) in [5.74, 6) is 0.745. The molecule has 1 aromatic rings. The number of ether oxygens (including phenoxy) is 1. The fraction of sp³-hybridized carbons (Fsp3) is 0.533. The number of carbonyl (C=O) groups is 1. The predicted molar refractivity (Wildman–Crippen MR) is 75.6 cm³/mol. The van der Waals surface area contributed by atoms with E-state index in [1.54, 1.807) is 0 Å². The van der Waals surface area contributed by atoms with Gasteiger partial charge in [-0.2, -0.15) is 0 Å². The molecule has 0 bridgehead atoms. The lowest BCUT2D eigenvalue weighted by Crippen LogP contribution is -2.59. The third kappa shape index (κ3) is 4.16. The van der Waals surface area contributed by atoms with Crippen molar-refractivity contribution < 1.29 is 14.6 Å². The Morgan fingerprint density at radius 3 is 2.11 bits per heavy atom. The highest BCUT2D eigenvalue weighted by molar-refractivity contribution is 5.67. The van der Waals surface area contributed by atoms with Gasteiger partial charge in [-0.1, -0.05) is 18.2 Å². The average Bonchev–Trinajstić information content (AvgIpc) is 2.24. The van der Waals surface area contributed by atoms with Gasteiger partial charge in [-0.25, -0.2) is 4.79 Å². The van der Waals surface area contributed by atoms with Crippen LogP contribution >= 0.6 is 0 Å². The molecule has 0 radical (unpaired) electrons. The maximum Gasteiger partial charge on any atom is 0.408 e. The van der Waals surface area contributed by atoms with Crippen molar-refractivity contribution in [2.45, 2.75) is 45.7 Å². The Labute approximate surface area is 115 Å². The Balaban J connectivity index is 2.81. The SMILES string of the molecule is CC(C)(C)N(C(=O)O)C(C)(C)COc1ccccc1. The summed E-state index contributed by atoms with van der Waals surface area (Å²) in [6, 6.07) is 9.41. The molecule has 0 fully saturated rings. The molecule has 0 unspecified atom stereocenters. The number of hydrogen-bond donors (Lipinski definition) is 1. The zero-order chi connectivity index (χ0) is 14.7. The molecule has 4 nitrogen and oxygen atoms in total. The molecule has 0 saturated heterocycles. The van der Waals surface area contributed by atoms with E-state index in [1.807, 2.05) is 65.0 Å². The van der Waals surface area contributed by atoms with Crippen LogP contribution in [0.5, 0.6) is 5.75 Å². The Morgan fingerprint density at radius 1 is 1.16 bits per heavy atom. The second-order valence-electron chi connectivity index (χ2n) is 6.20. The molecular formula is C15H23NO3. The minimum atomic E-state index is -0.936. The highest BCUT2D eigenvalue weighted by Crippen LogP contribution is 2.26. The first kappa shape index (κ1) is 15.3. The van der Waals surface area contributed by atoms with Crippen LogP contribution in [0.3, 0.4) is 0 Å².